The molecular formula is C14H8N2S2. The number of pyridine rings is 1. The van der Waals surface area contributed by atoms with Crippen molar-refractivity contribution in [3.8, 4) is 10.4 Å². The summed E-state index contributed by atoms with van der Waals surface area (Å²) in [6, 6.07) is 12.7. The highest BCUT2D eigenvalue weighted by Crippen LogP contribution is 2.34. The van der Waals surface area contributed by atoms with Crippen molar-refractivity contribution in [2.75, 3.05) is 0 Å². The summed E-state index contributed by atoms with van der Waals surface area (Å²) in [6.07, 6.45) is 1.84. The number of thiophene rings is 1. The van der Waals surface area contributed by atoms with Crippen LogP contribution in [0.25, 0.3) is 30.9 Å². The monoisotopic (exact) mass is 268 g/mol. The summed E-state index contributed by atoms with van der Waals surface area (Å²) in [7, 11) is 0. The Morgan fingerprint density at radius 1 is 0.889 bits per heavy atom. The van der Waals surface area contributed by atoms with Crippen molar-refractivity contribution in [1.82, 2.24) is 9.97 Å². The molecule has 0 aliphatic rings. The highest BCUT2D eigenvalue weighted by atomic mass is 32.1. The van der Waals surface area contributed by atoms with E-state index in [9.17, 15) is 0 Å². The smallest absolute Gasteiger partial charge is 0.0818 e. The summed E-state index contributed by atoms with van der Waals surface area (Å²) >= 11 is 3.45. The zero-order chi connectivity index (χ0) is 11.9. The van der Waals surface area contributed by atoms with Crippen LogP contribution in [0.4, 0.5) is 0 Å². The van der Waals surface area contributed by atoms with Gasteiger partial charge in [-0.05, 0) is 35.9 Å². The molecule has 0 aliphatic heterocycles. The number of hydrogen-bond acceptors (Lipinski definition) is 4. The van der Waals surface area contributed by atoms with E-state index in [1.807, 2.05) is 17.8 Å². The van der Waals surface area contributed by atoms with Gasteiger partial charge in [-0.3, -0.25) is 4.98 Å². The van der Waals surface area contributed by atoms with Gasteiger partial charge in [0.15, 0.2) is 0 Å². The van der Waals surface area contributed by atoms with Crippen LogP contribution in [0.1, 0.15) is 0 Å². The topological polar surface area (TPSA) is 25.8 Å². The Morgan fingerprint density at radius 3 is 2.78 bits per heavy atom. The number of hydrogen-bond donors (Lipinski definition) is 0. The molecule has 0 aliphatic carbocycles. The molecule has 0 radical (unpaired) electrons. The van der Waals surface area contributed by atoms with E-state index in [1.54, 1.807) is 22.7 Å². The van der Waals surface area contributed by atoms with Crippen LogP contribution in [-0.2, 0) is 0 Å². The Balaban J connectivity index is 1.94. The molecule has 4 heteroatoms. The molecule has 86 valence electrons. The van der Waals surface area contributed by atoms with Crippen molar-refractivity contribution in [3.05, 3.63) is 48.1 Å². The van der Waals surface area contributed by atoms with Crippen LogP contribution in [0, 0.1) is 0 Å². The molecule has 4 rings (SSSR count). The minimum atomic E-state index is 1.07. The van der Waals surface area contributed by atoms with Gasteiger partial charge in [0.2, 0.25) is 0 Å². The van der Waals surface area contributed by atoms with Crippen LogP contribution in [0.5, 0.6) is 0 Å². The van der Waals surface area contributed by atoms with E-state index in [0.29, 0.717) is 0 Å². The van der Waals surface area contributed by atoms with Crippen molar-refractivity contribution >= 4 is 43.1 Å². The first-order chi connectivity index (χ1) is 8.90. The molecule has 0 fully saturated rings. The second kappa shape index (κ2) is 3.86. The lowest BCUT2D eigenvalue weighted by Gasteiger charge is -1.96. The van der Waals surface area contributed by atoms with Gasteiger partial charge in [-0.15, -0.1) is 22.7 Å². The second-order valence-electron chi connectivity index (χ2n) is 4.03. The van der Waals surface area contributed by atoms with Gasteiger partial charge in [0, 0.05) is 11.1 Å². The first-order valence-corrected chi connectivity index (χ1v) is 7.28. The van der Waals surface area contributed by atoms with Crippen LogP contribution in [0.3, 0.4) is 0 Å². The van der Waals surface area contributed by atoms with Gasteiger partial charge < -0.3 is 0 Å². The minimum Gasteiger partial charge on any atom is -0.255 e. The number of fused-ring (bicyclic) bond motifs is 2. The third-order valence-corrected chi connectivity index (χ3v) is 4.85. The largest absolute Gasteiger partial charge is 0.255 e. The molecule has 0 unspecified atom stereocenters. The normalized spacial score (nSPS) is 11.3. The van der Waals surface area contributed by atoms with Crippen LogP contribution < -0.4 is 0 Å². The molecule has 0 N–H and O–H groups in total. The fraction of sp³-hybridized carbons (Fsp3) is 0. The standard InChI is InChI=1S/C14H8N2S2/c1-2-13-11(15-5-1)7-14(18-13)9-3-4-12-10(6-9)16-8-17-12/h1-8H. The van der Waals surface area contributed by atoms with E-state index in [4.69, 9.17) is 0 Å². The quantitative estimate of drug-likeness (QED) is 0.505. The maximum Gasteiger partial charge on any atom is 0.0818 e. The molecule has 3 aromatic heterocycles. The Labute approximate surface area is 112 Å². The third-order valence-electron chi connectivity index (χ3n) is 2.90. The van der Waals surface area contributed by atoms with Crippen molar-refractivity contribution in [2.24, 2.45) is 0 Å². The number of nitrogens with zero attached hydrogens (tertiary/aromatic N) is 2. The molecular weight excluding hydrogens is 260 g/mol. The van der Waals surface area contributed by atoms with Gasteiger partial charge in [-0.25, -0.2) is 4.98 Å². The average molecular weight is 268 g/mol. The molecule has 0 bridgehead atoms. The highest BCUT2D eigenvalue weighted by Gasteiger charge is 2.06. The molecule has 0 spiro atoms. The Bertz CT molecular complexity index is 812. The Morgan fingerprint density at radius 2 is 1.83 bits per heavy atom. The Kier molecular flexibility index (Phi) is 2.18. The fourth-order valence-electron chi connectivity index (χ4n) is 2.02. The minimum absolute atomic E-state index is 1.07. The zero-order valence-corrected chi connectivity index (χ0v) is 11.0. The van der Waals surface area contributed by atoms with E-state index in [0.717, 1.165) is 11.0 Å². The lowest BCUT2D eigenvalue weighted by atomic mass is 10.2. The molecule has 0 saturated heterocycles. The predicted molar refractivity (Wildman–Crippen MR) is 78.2 cm³/mol. The molecule has 3 heterocycles. The van der Waals surface area contributed by atoms with Crippen molar-refractivity contribution in [2.45, 2.75) is 0 Å². The van der Waals surface area contributed by atoms with Gasteiger partial charge in [0.1, 0.15) is 0 Å². The summed E-state index contributed by atoms with van der Waals surface area (Å²) in [6.45, 7) is 0. The van der Waals surface area contributed by atoms with E-state index < -0.39 is 0 Å². The van der Waals surface area contributed by atoms with E-state index >= 15 is 0 Å². The van der Waals surface area contributed by atoms with Crippen molar-refractivity contribution in [1.29, 1.82) is 0 Å². The summed E-state index contributed by atoms with van der Waals surface area (Å²) in [5.41, 5.74) is 5.25. The highest BCUT2D eigenvalue weighted by molar-refractivity contribution is 7.22. The van der Waals surface area contributed by atoms with Crippen LogP contribution in [0.15, 0.2) is 48.1 Å². The number of thiazole rings is 1. The summed E-state index contributed by atoms with van der Waals surface area (Å²) in [4.78, 5) is 9.99. The van der Waals surface area contributed by atoms with Gasteiger partial charge in [-0.1, -0.05) is 6.07 Å². The summed E-state index contributed by atoms with van der Waals surface area (Å²) < 4.78 is 2.46. The van der Waals surface area contributed by atoms with E-state index in [2.05, 4.69) is 40.3 Å². The molecule has 1 aromatic carbocycles. The van der Waals surface area contributed by atoms with Crippen LogP contribution >= 0.6 is 22.7 Å². The molecule has 0 atom stereocenters. The lowest BCUT2D eigenvalue weighted by Crippen LogP contribution is -1.72. The molecule has 2 nitrogen and oxygen atoms in total. The average Bonchev–Trinajstić information content (AvgIpc) is 3.04. The van der Waals surface area contributed by atoms with Gasteiger partial charge in [0.05, 0.1) is 25.9 Å². The first-order valence-electron chi connectivity index (χ1n) is 5.58. The van der Waals surface area contributed by atoms with Crippen LogP contribution in [-0.4, -0.2) is 9.97 Å². The summed E-state index contributed by atoms with van der Waals surface area (Å²) in [5, 5.41) is 0. The number of aromatic nitrogens is 2. The van der Waals surface area contributed by atoms with Crippen molar-refractivity contribution < 1.29 is 0 Å². The molecule has 0 saturated carbocycles. The molecule has 4 aromatic rings. The van der Waals surface area contributed by atoms with E-state index in [1.165, 1.54) is 19.8 Å². The number of benzene rings is 1. The SMILES string of the molecule is c1cnc2cc(-c3ccc4scnc4c3)sc2c1. The predicted octanol–water partition coefficient (Wildman–Crippen LogP) is 4.57. The van der Waals surface area contributed by atoms with Crippen molar-refractivity contribution in [3.63, 3.8) is 0 Å². The van der Waals surface area contributed by atoms with Gasteiger partial charge >= 0.3 is 0 Å². The Hall–Kier alpha value is -1.78. The lowest BCUT2D eigenvalue weighted by molar-refractivity contribution is 1.43. The zero-order valence-electron chi connectivity index (χ0n) is 9.33. The fourth-order valence-corrected chi connectivity index (χ4v) is 3.70. The number of rotatable bonds is 1. The maximum absolute atomic E-state index is 4.38. The van der Waals surface area contributed by atoms with Gasteiger partial charge in [0.25, 0.3) is 0 Å². The summed E-state index contributed by atoms with van der Waals surface area (Å²) in [5.74, 6) is 0. The van der Waals surface area contributed by atoms with Crippen LogP contribution in [0.2, 0.25) is 0 Å². The van der Waals surface area contributed by atoms with Gasteiger partial charge in [-0.2, -0.15) is 0 Å². The third kappa shape index (κ3) is 1.54. The first kappa shape index (κ1) is 10.2. The maximum atomic E-state index is 4.38. The second-order valence-corrected chi connectivity index (χ2v) is 6.00. The van der Waals surface area contributed by atoms with E-state index in [-0.39, 0.29) is 0 Å². The molecule has 0 amide bonds. The molecule has 18 heavy (non-hydrogen) atoms.